The van der Waals surface area contributed by atoms with Gasteiger partial charge in [-0.25, -0.2) is 4.79 Å². The van der Waals surface area contributed by atoms with Gasteiger partial charge in [-0.1, -0.05) is 32.9 Å². The molecule has 6 heteroatoms. The molecule has 0 atom stereocenters. The smallest absolute Gasteiger partial charge is 0.338 e. The van der Waals surface area contributed by atoms with Crippen molar-refractivity contribution in [2.75, 3.05) is 20.3 Å². The molecule has 0 saturated carbocycles. The normalized spacial score (nSPS) is 10.8. The van der Waals surface area contributed by atoms with Crippen LogP contribution in [0.25, 0.3) is 0 Å². The molecule has 0 aliphatic rings. The Balaban J connectivity index is 2.35. The van der Waals surface area contributed by atoms with E-state index in [1.54, 1.807) is 12.1 Å². The molecule has 1 rings (SSSR count). The molecule has 0 aliphatic carbocycles. The fourth-order valence-electron chi connectivity index (χ4n) is 1.93. The third-order valence-corrected chi connectivity index (χ3v) is 3.43. The molecule has 0 bridgehead atoms. The van der Waals surface area contributed by atoms with Gasteiger partial charge in [0.15, 0.2) is 6.61 Å². The van der Waals surface area contributed by atoms with Crippen molar-refractivity contribution in [1.29, 1.82) is 0 Å². The molecule has 0 unspecified atom stereocenters. The molecule has 1 amide bonds. The summed E-state index contributed by atoms with van der Waals surface area (Å²) in [5.74, 6) is -1.27. The molecule has 0 fully saturated rings. The zero-order valence-corrected chi connectivity index (χ0v) is 14.7. The van der Waals surface area contributed by atoms with E-state index >= 15 is 0 Å². The highest BCUT2D eigenvalue weighted by molar-refractivity contribution is 5.91. The number of hydrogen-bond acceptors (Lipinski definition) is 5. The highest BCUT2D eigenvalue weighted by Gasteiger charge is 2.15. The number of ether oxygens (including phenoxy) is 2. The molecule has 0 aliphatic heterocycles. The molecule has 1 aromatic carbocycles. The second-order valence-electron chi connectivity index (χ2n) is 6.43. The zero-order chi connectivity index (χ0) is 18.2. The number of nitrogens with one attached hydrogen (secondary N) is 1. The molecule has 1 aromatic rings. The third kappa shape index (κ3) is 6.81. The van der Waals surface area contributed by atoms with Crippen LogP contribution in [0, 0.1) is 0 Å². The second-order valence-corrected chi connectivity index (χ2v) is 6.43. The molecule has 132 valence electrons. The fraction of sp³-hybridized carbons (Fsp3) is 0.500. The zero-order valence-electron chi connectivity index (χ0n) is 14.7. The number of benzene rings is 1. The minimum Gasteiger partial charge on any atom is -0.469 e. The summed E-state index contributed by atoms with van der Waals surface area (Å²) >= 11 is 0. The Kier molecular flexibility index (Phi) is 7.42. The molecule has 0 saturated heterocycles. The van der Waals surface area contributed by atoms with Gasteiger partial charge < -0.3 is 14.8 Å². The molecule has 0 aromatic heterocycles. The lowest BCUT2D eigenvalue weighted by Gasteiger charge is -2.18. The average Bonchev–Trinajstić information content (AvgIpc) is 2.55. The minimum atomic E-state index is -0.542. The SMILES string of the molecule is COC(=O)CCCNC(=O)COC(=O)c1ccc(C(C)(C)C)cc1. The average molecular weight is 335 g/mol. The summed E-state index contributed by atoms with van der Waals surface area (Å²) in [6.45, 7) is 6.24. The van der Waals surface area contributed by atoms with Gasteiger partial charge in [0, 0.05) is 13.0 Å². The fourth-order valence-corrected chi connectivity index (χ4v) is 1.93. The quantitative estimate of drug-likeness (QED) is 0.610. The van der Waals surface area contributed by atoms with Crippen molar-refractivity contribution in [1.82, 2.24) is 5.32 Å². The lowest BCUT2D eigenvalue weighted by molar-refractivity contribution is -0.140. The number of carbonyl (C=O) groups excluding carboxylic acids is 3. The largest absolute Gasteiger partial charge is 0.469 e. The van der Waals surface area contributed by atoms with Gasteiger partial charge in [0.05, 0.1) is 12.7 Å². The Morgan fingerprint density at radius 2 is 1.71 bits per heavy atom. The van der Waals surface area contributed by atoms with Crippen LogP contribution in [0.4, 0.5) is 0 Å². The van der Waals surface area contributed by atoms with E-state index in [1.165, 1.54) is 7.11 Å². The van der Waals surface area contributed by atoms with Gasteiger partial charge in [-0.3, -0.25) is 9.59 Å². The first-order chi connectivity index (χ1) is 11.2. The van der Waals surface area contributed by atoms with Crippen LogP contribution in [-0.2, 0) is 24.5 Å². The second kappa shape index (κ2) is 9.05. The molecular weight excluding hydrogens is 310 g/mol. The first-order valence-electron chi connectivity index (χ1n) is 7.85. The summed E-state index contributed by atoms with van der Waals surface area (Å²) in [6.07, 6.45) is 0.706. The van der Waals surface area contributed by atoms with E-state index in [0.717, 1.165) is 5.56 Å². The van der Waals surface area contributed by atoms with Crippen LogP contribution >= 0.6 is 0 Å². The number of amides is 1. The van der Waals surface area contributed by atoms with Crippen LogP contribution in [0.2, 0.25) is 0 Å². The van der Waals surface area contributed by atoms with Gasteiger partial charge in [-0.15, -0.1) is 0 Å². The maximum absolute atomic E-state index is 11.9. The molecule has 6 nitrogen and oxygen atoms in total. The highest BCUT2D eigenvalue weighted by Crippen LogP contribution is 2.22. The lowest BCUT2D eigenvalue weighted by atomic mass is 9.87. The molecule has 0 radical (unpaired) electrons. The van der Waals surface area contributed by atoms with Crippen LogP contribution in [0.5, 0.6) is 0 Å². The van der Waals surface area contributed by atoms with E-state index in [1.807, 2.05) is 12.1 Å². The van der Waals surface area contributed by atoms with Gasteiger partial charge in [0.25, 0.3) is 5.91 Å². The monoisotopic (exact) mass is 335 g/mol. The van der Waals surface area contributed by atoms with Crippen molar-refractivity contribution in [3.05, 3.63) is 35.4 Å². The molecular formula is C18H25NO5. The van der Waals surface area contributed by atoms with Crippen LogP contribution in [0.3, 0.4) is 0 Å². The predicted molar refractivity (Wildman–Crippen MR) is 89.7 cm³/mol. The highest BCUT2D eigenvalue weighted by atomic mass is 16.5. The summed E-state index contributed by atoms with van der Waals surface area (Å²) in [5.41, 5.74) is 1.52. The number of rotatable bonds is 7. The Bertz CT molecular complexity index is 572. The van der Waals surface area contributed by atoms with E-state index in [4.69, 9.17) is 4.74 Å². The lowest BCUT2D eigenvalue weighted by Crippen LogP contribution is -2.30. The Hall–Kier alpha value is -2.37. The maximum Gasteiger partial charge on any atom is 0.338 e. The summed E-state index contributed by atoms with van der Waals surface area (Å²) < 4.78 is 9.47. The maximum atomic E-state index is 11.9. The third-order valence-electron chi connectivity index (χ3n) is 3.43. The minimum absolute atomic E-state index is 0.00647. The summed E-state index contributed by atoms with van der Waals surface area (Å²) in [4.78, 5) is 34.4. The van der Waals surface area contributed by atoms with Crippen LogP contribution in [0.15, 0.2) is 24.3 Å². The van der Waals surface area contributed by atoms with Gasteiger partial charge >= 0.3 is 11.9 Å². The Labute approximate surface area is 142 Å². The molecule has 1 N–H and O–H groups in total. The number of carbonyl (C=O) groups is 3. The van der Waals surface area contributed by atoms with Crippen molar-refractivity contribution < 1.29 is 23.9 Å². The van der Waals surface area contributed by atoms with Crippen molar-refractivity contribution in [3.63, 3.8) is 0 Å². The van der Waals surface area contributed by atoms with Crippen molar-refractivity contribution >= 4 is 17.8 Å². The molecule has 24 heavy (non-hydrogen) atoms. The van der Waals surface area contributed by atoms with E-state index < -0.39 is 11.9 Å². The van der Waals surface area contributed by atoms with Gasteiger partial charge in [-0.05, 0) is 29.5 Å². The number of methoxy groups -OCH3 is 1. The summed E-state index contributed by atoms with van der Waals surface area (Å²) in [5, 5.41) is 2.57. The van der Waals surface area contributed by atoms with Crippen LogP contribution in [-0.4, -0.2) is 38.1 Å². The molecule has 0 heterocycles. The Morgan fingerprint density at radius 1 is 1.08 bits per heavy atom. The first kappa shape index (κ1) is 19.7. The van der Waals surface area contributed by atoms with Gasteiger partial charge in [0.1, 0.15) is 0 Å². The van der Waals surface area contributed by atoms with Gasteiger partial charge in [-0.2, -0.15) is 0 Å². The van der Waals surface area contributed by atoms with E-state index in [0.29, 0.717) is 18.5 Å². The van der Waals surface area contributed by atoms with Crippen molar-refractivity contribution in [2.45, 2.75) is 39.0 Å². The van der Waals surface area contributed by atoms with Crippen molar-refractivity contribution in [3.8, 4) is 0 Å². The topological polar surface area (TPSA) is 81.7 Å². The Morgan fingerprint density at radius 3 is 2.25 bits per heavy atom. The van der Waals surface area contributed by atoms with Gasteiger partial charge in [0.2, 0.25) is 0 Å². The standard InChI is InChI=1S/C18H25NO5/c1-18(2,3)14-9-7-13(8-10-14)17(22)24-12-15(20)19-11-5-6-16(21)23-4/h7-10H,5-6,11-12H2,1-4H3,(H,19,20). The summed E-state index contributed by atoms with van der Waals surface area (Å²) in [7, 11) is 1.31. The predicted octanol–water partition coefficient (Wildman–Crippen LogP) is 2.21. The van der Waals surface area contributed by atoms with Crippen LogP contribution in [0.1, 0.15) is 49.5 Å². The van der Waals surface area contributed by atoms with E-state index in [9.17, 15) is 14.4 Å². The number of hydrogen-bond donors (Lipinski definition) is 1. The summed E-state index contributed by atoms with van der Waals surface area (Å²) in [6, 6.07) is 7.14. The van der Waals surface area contributed by atoms with E-state index in [2.05, 4.69) is 30.8 Å². The van der Waals surface area contributed by atoms with E-state index in [-0.39, 0.29) is 24.4 Å². The first-order valence-corrected chi connectivity index (χ1v) is 7.85. The number of esters is 2. The van der Waals surface area contributed by atoms with Crippen LogP contribution < -0.4 is 5.32 Å². The van der Waals surface area contributed by atoms with Crippen molar-refractivity contribution in [2.24, 2.45) is 0 Å². The molecule has 0 spiro atoms.